The molecule has 0 radical (unpaired) electrons. The molecule has 0 fully saturated rings. The minimum Gasteiger partial charge on any atom is -0.313 e. The summed E-state index contributed by atoms with van der Waals surface area (Å²) in [5, 5.41) is 7.37. The molecule has 3 nitrogen and oxygen atoms in total. The summed E-state index contributed by atoms with van der Waals surface area (Å²) in [5.74, 6) is 0. The molecule has 1 unspecified atom stereocenters. The molecule has 0 saturated carbocycles. The fourth-order valence-electron chi connectivity index (χ4n) is 7.49. The third kappa shape index (κ3) is 4.28. The molecule has 2 atom stereocenters. The third-order valence-corrected chi connectivity index (χ3v) is 13.1. The van der Waals surface area contributed by atoms with Crippen molar-refractivity contribution < 1.29 is 4.57 Å². The number of para-hydroxylation sites is 2. The number of rotatable bonds is 5. The SMILES string of the molecule is O=P(c1ccccc1)(c1ccc(-n2c3ccccc3c3c4ccccc4nc(-c4ccccc4)c32)c2ccccc12)[C@H]1C=CC=CC1. The summed E-state index contributed by atoms with van der Waals surface area (Å²) in [4.78, 5) is 5.31. The van der Waals surface area contributed by atoms with Crippen LogP contribution in [0.4, 0.5) is 0 Å². The maximum Gasteiger partial charge on any atom is 0.150 e. The average Bonchev–Trinajstić information content (AvgIpc) is 3.50. The van der Waals surface area contributed by atoms with Gasteiger partial charge in [0, 0.05) is 43.4 Å². The first-order valence-electron chi connectivity index (χ1n) is 16.1. The Morgan fingerprint density at radius 1 is 0.617 bits per heavy atom. The van der Waals surface area contributed by atoms with Crippen molar-refractivity contribution in [3.05, 3.63) is 170 Å². The maximum atomic E-state index is 15.7. The van der Waals surface area contributed by atoms with Crippen LogP contribution in [-0.2, 0) is 4.57 Å². The van der Waals surface area contributed by atoms with Crippen LogP contribution in [-0.4, -0.2) is 15.2 Å². The molecule has 0 spiro atoms. The van der Waals surface area contributed by atoms with Crippen molar-refractivity contribution in [3.8, 4) is 16.9 Å². The second-order valence-corrected chi connectivity index (χ2v) is 15.2. The lowest BCUT2D eigenvalue weighted by Gasteiger charge is -2.29. The molecule has 0 amide bonds. The zero-order valence-electron chi connectivity index (χ0n) is 25.7. The molecule has 2 heterocycles. The fourth-order valence-corrected chi connectivity index (χ4v) is 10.7. The topological polar surface area (TPSA) is 34.9 Å². The largest absolute Gasteiger partial charge is 0.313 e. The number of pyridine rings is 1. The van der Waals surface area contributed by atoms with Crippen molar-refractivity contribution in [1.29, 1.82) is 0 Å². The number of allylic oxidation sites excluding steroid dienone is 4. The zero-order chi connectivity index (χ0) is 31.4. The van der Waals surface area contributed by atoms with Gasteiger partial charge in [-0.25, -0.2) is 4.98 Å². The van der Waals surface area contributed by atoms with E-state index in [2.05, 4.69) is 132 Å². The van der Waals surface area contributed by atoms with Gasteiger partial charge in [-0.15, -0.1) is 0 Å². The van der Waals surface area contributed by atoms with E-state index in [-0.39, 0.29) is 5.66 Å². The number of benzene rings is 6. The molecule has 4 heteroatoms. The Morgan fingerprint density at radius 3 is 2.04 bits per heavy atom. The van der Waals surface area contributed by atoms with Gasteiger partial charge in [-0.2, -0.15) is 0 Å². The Morgan fingerprint density at radius 2 is 1.28 bits per heavy atom. The highest BCUT2D eigenvalue weighted by molar-refractivity contribution is 7.80. The number of hydrogen-bond donors (Lipinski definition) is 0. The van der Waals surface area contributed by atoms with Gasteiger partial charge in [-0.1, -0.05) is 146 Å². The third-order valence-electron chi connectivity index (χ3n) is 9.59. The maximum absolute atomic E-state index is 15.7. The van der Waals surface area contributed by atoms with Crippen LogP contribution >= 0.6 is 7.14 Å². The van der Waals surface area contributed by atoms with E-state index in [0.29, 0.717) is 0 Å². The van der Waals surface area contributed by atoms with E-state index in [0.717, 1.165) is 66.7 Å². The minimum atomic E-state index is -3.09. The second kappa shape index (κ2) is 11.1. The summed E-state index contributed by atoms with van der Waals surface area (Å²) in [6.45, 7) is 0. The van der Waals surface area contributed by atoms with Crippen molar-refractivity contribution in [3.63, 3.8) is 0 Å². The van der Waals surface area contributed by atoms with Gasteiger partial charge in [0.25, 0.3) is 0 Å². The van der Waals surface area contributed by atoms with E-state index in [1.165, 1.54) is 10.8 Å². The molecule has 1 aliphatic rings. The van der Waals surface area contributed by atoms with Crippen LogP contribution in [0.2, 0.25) is 0 Å². The highest BCUT2D eigenvalue weighted by Gasteiger charge is 2.37. The van der Waals surface area contributed by atoms with E-state index in [1.807, 2.05) is 42.5 Å². The lowest BCUT2D eigenvalue weighted by Crippen LogP contribution is -2.26. The summed E-state index contributed by atoms with van der Waals surface area (Å²) in [6, 6.07) is 50.4. The first kappa shape index (κ1) is 27.8. The highest BCUT2D eigenvalue weighted by Crippen LogP contribution is 2.53. The van der Waals surface area contributed by atoms with Gasteiger partial charge in [-0.05, 0) is 36.1 Å². The highest BCUT2D eigenvalue weighted by atomic mass is 31.2. The summed E-state index contributed by atoms with van der Waals surface area (Å²) in [6.07, 6.45) is 9.10. The molecular formula is C43H31N2OP. The van der Waals surface area contributed by atoms with Crippen LogP contribution in [0.15, 0.2) is 170 Å². The van der Waals surface area contributed by atoms with E-state index in [9.17, 15) is 0 Å². The number of aromatic nitrogens is 2. The predicted molar refractivity (Wildman–Crippen MR) is 199 cm³/mol. The smallest absolute Gasteiger partial charge is 0.150 e. The van der Waals surface area contributed by atoms with Crippen molar-refractivity contribution in [2.45, 2.75) is 12.1 Å². The molecule has 8 aromatic rings. The van der Waals surface area contributed by atoms with E-state index in [1.54, 1.807) is 0 Å². The molecule has 224 valence electrons. The second-order valence-electron chi connectivity index (χ2n) is 12.2. The Bertz CT molecular complexity index is 2580. The van der Waals surface area contributed by atoms with Gasteiger partial charge in [-0.3, -0.25) is 0 Å². The first-order valence-corrected chi connectivity index (χ1v) is 17.9. The van der Waals surface area contributed by atoms with Crippen molar-refractivity contribution in [1.82, 2.24) is 9.55 Å². The van der Waals surface area contributed by atoms with Crippen molar-refractivity contribution in [2.75, 3.05) is 0 Å². The molecular weight excluding hydrogens is 591 g/mol. The first-order chi connectivity index (χ1) is 23.2. The molecule has 2 aromatic heterocycles. The average molecular weight is 623 g/mol. The van der Waals surface area contributed by atoms with Crippen LogP contribution in [0.3, 0.4) is 0 Å². The number of fused-ring (bicyclic) bond motifs is 6. The monoisotopic (exact) mass is 622 g/mol. The van der Waals surface area contributed by atoms with E-state index < -0.39 is 7.14 Å². The Labute approximate surface area is 273 Å². The van der Waals surface area contributed by atoms with Gasteiger partial charge >= 0.3 is 0 Å². The summed E-state index contributed by atoms with van der Waals surface area (Å²) in [5.41, 5.74) is 6.10. The Kier molecular flexibility index (Phi) is 6.55. The molecule has 0 saturated heterocycles. The zero-order valence-corrected chi connectivity index (χ0v) is 26.6. The molecule has 47 heavy (non-hydrogen) atoms. The summed E-state index contributed by atoms with van der Waals surface area (Å²) in [7, 11) is -3.09. The number of nitrogens with zero attached hydrogens (tertiary/aromatic N) is 2. The van der Waals surface area contributed by atoms with Crippen LogP contribution in [0.5, 0.6) is 0 Å². The van der Waals surface area contributed by atoms with Gasteiger partial charge < -0.3 is 9.13 Å². The molecule has 1 aliphatic carbocycles. The van der Waals surface area contributed by atoms with Crippen LogP contribution < -0.4 is 10.6 Å². The number of hydrogen-bond acceptors (Lipinski definition) is 2. The van der Waals surface area contributed by atoms with Crippen molar-refractivity contribution in [2.24, 2.45) is 0 Å². The Balaban J connectivity index is 1.41. The molecule has 6 aromatic carbocycles. The van der Waals surface area contributed by atoms with Crippen LogP contribution in [0.1, 0.15) is 6.42 Å². The van der Waals surface area contributed by atoms with Crippen molar-refractivity contribution >= 4 is 61.2 Å². The van der Waals surface area contributed by atoms with Gasteiger partial charge in [0.15, 0.2) is 7.14 Å². The van der Waals surface area contributed by atoms with E-state index >= 15 is 4.57 Å². The quantitative estimate of drug-likeness (QED) is 0.179. The molecule has 0 N–H and O–H groups in total. The van der Waals surface area contributed by atoms with Gasteiger partial charge in [0.1, 0.15) is 0 Å². The standard InChI is InChI=1S/C43H31N2OP/c46-47(31-18-6-2-7-19-31,32-20-8-3-9-21-32)40-29-28-39(33-22-10-11-23-34(33)40)45-38-27-15-13-25-36(38)41-35-24-12-14-26-37(35)44-42(43(41)45)30-16-4-1-5-17-30/h1-20,22-29,32H,21H2/t32-,47?/m0/s1. The minimum absolute atomic E-state index is 0.113. The predicted octanol–water partition coefficient (Wildman–Crippen LogP) is 10.4. The van der Waals surface area contributed by atoms with Gasteiger partial charge in [0.2, 0.25) is 0 Å². The normalized spacial score (nSPS) is 15.9. The van der Waals surface area contributed by atoms with Crippen LogP contribution in [0, 0.1) is 0 Å². The lowest BCUT2D eigenvalue weighted by atomic mass is 10.0. The van der Waals surface area contributed by atoms with Gasteiger partial charge in [0.05, 0.1) is 27.9 Å². The summed E-state index contributed by atoms with van der Waals surface area (Å²) < 4.78 is 18.1. The fraction of sp³-hybridized carbons (Fsp3) is 0.0465. The van der Waals surface area contributed by atoms with E-state index in [4.69, 9.17) is 4.98 Å². The lowest BCUT2D eigenvalue weighted by molar-refractivity contribution is 0.582. The Hall–Kier alpha value is -5.50. The molecule has 0 aliphatic heterocycles. The summed E-state index contributed by atoms with van der Waals surface area (Å²) >= 11 is 0. The molecule has 9 rings (SSSR count). The molecule has 0 bridgehead atoms. The van der Waals surface area contributed by atoms with Crippen LogP contribution in [0.25, 0.3) is 60.4 Å².